The van der Waals surface area contributed by atoms with Gasteiger partial charge in [0, 0.05) is 27.9 Å². The van der Waals surface area contributed by atoms with Crippen molar-refractivity contribution in [2.45, 2.75) is 20.4 Å². The number of hydrogen-bond acceptors (Lipinski definition) is 5. The van der Waals surface area contributed by atoms with Gasteiger partial charge >= 0.3 is 5.56 Å². The third-order valence-electron chi connectivity index (χ3n) is 6.04. The van der Waals surface area contributed by atoms with E-state index in [-0.39, 0.29) is 17.0 Å². The van der Waals surface area contributed by atoms with Gasteiger partial charge in [0.2, 0.25) is 0 Å². The number of methoxy groups -OCH3 is 1. The third kappa shape index (κ3) is 4.34. The molecule has 0 radical (unpaired) electrons. The molecule has 0 bridgehead atoms. The number of aromatic hydroxyl groups is 1. The predicted octanol–water partition coefficient (Wildman–Crippen LogP) is 6.06. The van der Waals surface area contributed by atoms with Crippen LogP contribution in [-0.4, -0.2) is 21.6 Å². The molecule has 0 atom stereocenters. The lowest BCUT2D eigenvalue weighted by atomic mass is 9.98. The summed E-state index contributed by atoms with van der Waals surface area (Å²) in [5.41, 5.74) is 4.33. The van der Waals surface area contributed by atoms with E-state index >= 15 is 0 Å². The van der Waals surface area contributed by atoms with E-state index < -0.39 is 0 Å². The Hall–Kier alpha value is -3.39. The number of fused-ring (bicyclic) bond motifs is 1. The van der Waals surface area contributed by atoms with Crippen LogP contribution in [0.15, 0.2) is 65.7 Å². The quantitative estimate of drug-likeness (QED) is 0.276. The van der Waals surface area contributed by atoms with Crippen molar-refractivity contribution in [3.63, 3.8) is 0 Å². The van der Waals surface area contributed by atoms with Crippen molar-refractivity contribution in [1.29, 1.82) is 0 Å². The van der Waals surface area contributed by atoms with Crippen molar-refractivity contribution in [3.05, 3.63) is 96.8 Å². The number of aryl methyl sites for hydroxylation is 2. The van der Waals surface area contributed by atoms with Gasteiger partial charge in [0.1, 0.15) is 12.3 Å². The number of nitrogens with zero attached hydrogens (tertiary/aromatic N) is 3. The topological polar surface area (TPSA) is 67.7 Å². The molecule has 6 nitrogen and oxygen atoms in total. The molecular weight excluding hydrogens is 517 g/mol. The minimum atomic E-state index is -0.348. The molecule has 2 aromatic carbocycles. The molecule has 5 rings (SSSR count). The van der Waals surface area contributed by atoms with Crippen LogP contribution in [0.5, 0.6) is 11.6 Å². The second-order valence-corrected chi connectivity index (χ2v) is 10.6. The van der Waals surface area contributed by atoms with Crippen molar-refractivity contribution in [2.24, 2.45) is 0 Å². The van der Waals surface area contributed by atoms with Crippen LogP contribution >= 0.6 is 34.5 Å². The van der Waals surface area contributed by atoms with E-state index in [0.29, 0.717) is 33.0 Å². The number of hydrogen-bond donors (Lipinski definition) is 1. The zero-order chi connectivity index (χ0) is 25.6. The summed E-state index contributed by atoms with van der Waals surface area (Å²) in [6, 6.07) is 14.9. The molecule has 0 amide bonds. The van der Waals surface area contributed by atoms with Gasteiger partial charge in [0.15, 0.2) is 10.0 Å². The van der Waals surface area contributed by atoms with Crippen LogP contribution in [-0.2, 0) is 6.54 Å². The summed E-state index contributed by atoms with van der Waals surface area (Å²) in [5, 5.41) is 12.1. The molecule has 182 valence electrons. The lowest BCUT2D eigenvalue weighted by Gasteiger charge is -2.13. The summed E-state index contributed by atoms with van der Waals surface area (Å²) >= 11 is 13.9. The van der Waals surface area contributed by atoms with Crippen LogP contribution in [0.3, 0.4) is 0 Å². The fourth-order valence-electron chi connectivity index (χ4n) is 4.35. The first-order valence-corrected chi connectivity index (χ1v) is 12.7. The predicted molar refractivity (Wildman–Crippen MR) is 144 cm³/mol. The van der Waals surface area contributed by atoms with Crippen LogP contribution in [0.1, 0.15) is 16.0 Å². The van der Waals surface area contributed by atoms with Crippen LogP contribution in [0, 0.1) is 13.8 Å². The summed E-state index contributed by atoms with van der Waals surface area (Å²) in [7, 11) is 1.56. The molecule has 5 aromatic rings. The molecule has 3 heterocycles. The largest absolute Gasteiger partial charge is 0.497 e. The second-order valence-electron chi connectivity index (χ2n) is 8.49. The summed E-state index contributed by atoms with van der Waals surface area (Å²) in [6.07, 6.45) is 3.36. The van der Waals surface area contributed by atoms with E-state index in [1.54, 1.807) is 34.5 Å². The van der Waals surface area contributed by atoms with Crippen LogP contribution < -0.4 is 14.9 Å². The fraction of sp³-hybridized carbons (Fsp3) is 0.148. The van der Waals surface area contributed by atoms with Gasteiger partial charge in [-0.2, -0.15) is 8.97 Å². The highest BCUT2D eigenvalue weighted by molar-refractivity contribution is 7.15. The van der Waals surface area contributed by atoms with E-state index in [0.717, 1.165) is 27.1 Å². The Kier molecular flexibility index (Phi) is 6.47. The monoisotopic (exact) mass is 538 g/mol. The van der Waals surface area contributed by atoms with Crippen molar-refractivity contribution in [1.82, 2.24) is 9.38 Å². The zero-order valence-electron chi connectivity index (χ0n) is 19.8. The number of aromatic nitrogens is 3. The number of halogens is 2. The van der Waals surface area contributed by atoms with Gasteiger partial charge in [0.25, 0.3) is 11.5 Å². The smallest absolute Gasteiger partial charge is 0.354 e. The minimum absolute atomic E-state index is 0.150. The van der Waals surface area contributed by atoms with Gasteiger partial charge in [-0.1, -0.05) is 35.3 Å². The third-order valence-corrected chi connectivity index (χ3v) is 7.45. The molecule has 0 saturated heterocycles. The van der Waals surface area contributed by atoms with Gasteiger partial charge in [-0.25, -0.2) is 9.78 Å². The average molecular weight is 539 g/mol. The first-order chi connectivity index (χ1) is 17.3. The zero-order valence-corrected chi connectivity index (χ0v) is 22.1. The summed E-state index contributed by atoms with van der Waals surface area (Å²) in [6.45, 7) is 4.16. The summed E-state index contributed by atoms with van der Waals surface area (Å²) in [4.78, 5) is 18.7. The Labute approximate surface area is 221 Å². The second kappa shape index (κ2) is 9.58. The highest BCUT2D eigenvalue weighted by Gasteiger charge is 2.27. The summed E-state index contributed by atoms with van der Waals surface area (Å²) in [5.74, 6) is 0.376. The normalized spacial score (nSPS) is 11.2. The fourth-order valence-corrected chi connectivity index (χ4v) is 5.66. The minimum Gasteiger partial charge on any atom is -0.497 e. The van der Waals surface area contributed by atoms with Crippen LogP contribution in [0.4, 0.5) is 0 Å². The molecule has 0 spiro atoms. The molecule has 0 fully saturated rings. The van der Waals surface area contributed by atoms with E-state index in [1.165, 1.54) is 11.3 Å². The Balaban J connectivity index is 1.80. The molecule has 1 N–H and O–H groups in total. The number of pyridine rings is 1. The van der Waals surface area contributed by atoms with Crippen LogP contribution in [0.25, 0.3) is 27.9 Å². The van der Waals surface area contributed by atoms with E-state index in [4.69, 9.17) is 27.9 Å². The lowest BCUT2D eigenvalue weighted by Crippen LogP contribution is -2.41. The molecule has 0 unspecified atom stereocenters. The molecule has 9 heteroatoms. The number of thiazole rings is 1. The maximum atomic E-state index is 13.8. The van der Waals surface area contributed by atoms with E-state index in [9.17, 15) is 9.90 Å². The molecule has 0 saturated carbocycles. The highest BCUT2D eigenvalue weighted by Crippen LogP contribution is 2.36. The molecule has 36 heavy (non-hydrogen) atoms. The maximum absolute atomic E-state index is 13.8. The standard InChI is InChI=1S/C27H21Cl2N3O3S/c1-15-6-7-21(22(28)9-15)17-10-18(12-19(11-17)35-3)23-25(33)31-8-4-5-16(2)24(31)32(26(23)34)14-20-13-30-27(29)36-20/h4-13H,14H2,1-3H3/p+1. The summed E-state index contributed by atoms with van der Waals surface area (Å²) < 4.78 is 9.21. The first-order valence-electron chi connectivity index (χ1n) is 11.1. The van der Waals surface area contributed by atoms with Gasteiger partial charge in [-0.15, -0.1) is 11.3 Å². The molecular formula is C27H22Cl2N3O3S+. The van der Waals surface area contributed by atoms with Gasteiger partial charge in [-0.3, -0.25) is 0 Å². The first kappa shape index (κ1) is 24.3. The number of benzene rings is 2. The SMILES string of the molecule is COc1cc(-c2ccc(C)cc2Cl)cc(-c2c(O)[n+](Cc3cnc(Cl)s3)c3c(C)cccn3c2=O)c1. The molecule has 0 aliphatic rings. The lowest BCUT2D eigenvalue weighted by molar-refractivity contribution is -0.671. The van der Waals surface area contributed by atoms with Gasteiger partial charge in [-0.05, 0) is 61.4 Å². The Morgan fingerprint density at radius 2 is 1.89 bits per heavy atom. The molecule has 3 aromatic heterocycles. The average Bonchev–Trinajstić information content (AvgIpc) is 3.26. The van der Waals surface area contributed by atoms with Crippen LogP contribution in [0.2, 0.25) is 9.49 Å². The van der Waals surface area contributed by atoms with Crippen molar-refractivity contribution < 1.29 is 14.4 Å². The Morgan fingerprint density at radius 3 is 2.58 bits per heavy atom. The van der Waals surface area contributed by atoms with E-state index in [2.05, 4.69) is 4.98 Å². The highest BCUT2D eigenvalue weighted by atomic mass is 35.5. The molecule has 0 aliphatic heterocycles. The number of ether oxygens (including phenoxy) is 1. The number of rotatable bonds is 5. The molecule has 0 aliphatic carbocycles. The van der Waals surface area contributed by atoms with E-state index in [1.807, 2.05) is 56.3 Å². The van der Waals surface area contributed by atoms with Crippen molar-refractivity contribution in [2.75, 3.05) is 7.11 Å². The maximum Gasteiger partial charge on any atom is 0.354 e. The van der Waals surface area contributed by atoms with Crippen molar-refractivity contribution >= 4 is 40.2 Å². The van der Waals surface area contributed by atoms with Crippen molar-refractivity contribution in [3.8, 4) is 33.9 Å². The van der Waals surface area contributed by atoms with Gasteiger partial charge < -0.3 is 9.84 Å². The van der Waals surface area contributed by atoms with Gasteiger partial charge in [0.05, 0.1) is 18.2 Å². The Morgan fingerprint density at radius 1 is 1.11 bits per heavy atom. The Bertz CT molecular complexity index is 1690.